The van der Waals surface area contributed by atoms with Gasteiger partial charge in [0.1, 0.15) is 6.61 Å². The molecule has 2 aromatic rings. The second-order valence-corrected chi connectivity index (χ2v) is 5.64. The molecule has 0 aliphatic carbocycles. The van der Waals surface area contributed by atoms with E-state index in [1.807, 2.05) is 0 Å². The first kappa shape index (κ1) is 15.2. The average Bonchev–Trinajstić information content (AvgIpc) is 2.91. The molecule has 1 aromatic heterocycles. The molecule has 0 radical (unpaired) electrons. The number of nitrogens with one attached hydrogen (secondary N) is 1. The summed E-state index contributed by atoms with van der Waals surface area (Å²) in [4.78, 5) is 15.7. The third-order valence-corrected chi connectivity index (χ3v) is 3.75. The lowest BCUT2D eigenvalue weighted by Crippen LogP contribution is -1.99. The lowest BCUT2D eigenvalue weighted by molar-refractivity contribution is -0.386. The molecule has 0 fully saturated rings. The van der Waals surface area contributed by atoms with Gasteiger partial charge < -0.3 is 10.1 Å². The second-order valence-electron chi connectivity index (χ2n) is 4.53. The molecule has 0 saturated heterocycles. The molecule has 6 nitrogen and oxygen atoms in total. The van der Waals surface area contributed by atoms with Gasteiger partial charge in [0.25, 0.3) is 0 Å². The van der Waals surface area contributed by atoms with Gasteiger partial charge in [-0.3, -0.25) is 10.1 Å². The van der Waals surface area contributed by atoms with Crippen LogP contribution >= 0.6 is 11.3 Å². The van der Waals surface area contributed by atoms with Crippen LogP contribution in [0, 0.1) is 17.0 Å². The fourth-order valence-corrected chi connectivity index (χ4v) is 2.55. The molecule has 7 heteroatoms. The lowest BCUT2D eigenvalue weighted by Gasteiger charge is -2.07. The summed E-state index contributed by atoms with van der Waals surface area (Å²) in [5, 5.41) is 15.1. The summed E-state index contributed by atoms with van der Waals surface area (Å²) in [5.41, 5.74) is 0.738. The van der Waals surface area contributed by atoms with Crippen LogP contribution in [-0.4, -0.2) is 16.5 Å². The zero-order valence-corrected chi connectivity index (χ0v) is 12.8. The van der Waals surface area contributed by atoms with Gasteiger partial charge in [0.15, 0.2) is 10.9 Å². The summed E-state index contributed by atoms with van der Waals surface area (Å²) in [5.74, 6) is 0.318. The van der Waals surface area contributed by atoms with Crippen molar-refractivity contribution in [3.8, 4) is 5.75 Å². The number of nitrogens with zero attached hydrogens (tertiary/aromatic N) is 2. The molecular weight excluding hydrogens is 290 g/mol. The number of nitro benzene ring substituents is 1. The number of nitro groups is 1. The fourth-order valence-electron chi connectivity index (χ4n) is 1.80. The number of anilines is 1. The van der Waals surface area contributed by atoms with Crippen molar-refractivity contribution in [2.75, 3.05) is 11.9 Å². The van der Waals surface area contributed by atoms with E-state index in [0.29, 0.717) is 5.75 Å². The smallest absolute Gasteiger partial charge is 0.311 e. The van der Waals surface area contributed by atoms with Crippen molar-refractivity contribution < 1.29 is 9.66 Å². The van der Waals surface area contributed by atoms with Crippen molar-refractivity contribution in [1.82, 2.24) is 4.98 Å². The molecule has 0 saturated carbocycles. The predicted octanol–water partition coefficient (Wildman–Crippen LogP) is 3.76. The number of aryl methyl sites for hydroxylation is 1. The Morgan fingerprint density at radius 1 is 1.48 bits per heavy atom. The van der Waals surface area contributed by atoms with E-state index in [1.165, 1.54) is 17.4 Å². The molecule has 0 bridgehead atoms. The van der Waals surface area contributed by atoms with Crippen LogP contribution < -0.4 is 10.1 Å². The number of thiazole rings is 1. The summed E-state index contributed by atoms with van der Waals surface area (Å²) in [6.45, 7) is 5.03. The van der Waals surface area contributed by atoms with E-state index in [-0.39, 0.29) is 12.3 Å². The number of para-hydroxylation sites is 1. The van der Waals surface area contributed by atoms with E-state index in [0.717, 1.165) is 28.5 Å². The van der Waals surface area contributed by atoms with E-state index in [1.54, 1.807) is 25.3 Å². The topological polar surface area (TPSA) is 77.3 Å². The van der Waals surface area contributed by atoms with Crippen molar-refractivity contribution in [2.24, 2.45) is 0 Å². The van der Waals surface area contributed by atoms with Gasteiger partial charge in [0, 0.05) is 18.8 Å². The van der Waals surface area contributed by atoms with Crippen LogP contribution in [-0.2, 0) is 6.61 Å². The minimum Gasteiger partial charge on any atom is -0.481 e. The van der Waals surface area contributed by atoms with E-state index < -0.39 is 4.92 Å². The minimum absolute atomic E-state index is 0.0103. The largest absolute Gasteiger partial charge is 0.481 e. The molecule has 21 heavy (non-hydrogen) atoms. The molecule has 2 rings (SSSR count). The highest BCUT2D eigenvalue weighted by Crippen LogP contribution is 2.31. The van der Waals surface area contributed by atoms with Crippen LogP contribution in [0.15, 0.2) is 24.4 Å². The van der Waals surface area contributed by atoms with Gasteiger partial charge in [-0.15, -0.1) is 0 Å². The molecule has 1 aromatic carbocycles. The number of benzene rings is 1. The summed E-state index contributed by atoms with van der Waals surface area (Å²) in [6, 6.07) is 4.90. The Bertz CT molecular complexity index is 628. The SMILES string of the molecule is CCCNc1ncc(COc2c(C)cccc2[N+](=O)[O-])s1. The molecular formula is C14H17N3O3S. The van der Waals surface area contributed by atoms with Gasteiger partial charge in [-0.2, -0.15) is 0 Å². The quantitative estimate of drug-likeness (QED) is 0.622. The summed E-state index contributed by atoms with van der Waals surface area (Å²) < 4.78 is 5.63. The van der Waals surface area contributed by atoms with Crippen molar-refractivity contribution in [1.29, 1.82) is 0 Å². The normalized spacial score (nSPS) is 10.4. The van der Waals surface area contributed by atoms with Gasteiger partial charge in [0.2, 0.25) is 0 Å². The Hall–Kier alpha value is -2.15. The first-order valence-electron chi connectivity index (χ1n) is 6.67. The van der Waals surface area contributed by atoms with E-state index in [4.69, 9.17) is 4.74 Å². The first-order valence-corrected chi connectivity index (χ1v) is 7.49. The third-order valence-electron chi connectivity index (χ3n) is 2.83. The van der Waals surface area contributed by atoms with Crippen LogP contribution in [0.2, 0.25) is 0 Å². The highest BCUT2D eigenvalue weighted by molar-refractivity contribution is 7.15. The van der Waals surface area contributed by atoms with Crippen LogP contribution in [0.1, 0.15) is 23.8 Å². The summed E-state index contributed by atoms with van der Waals surface area (Å²) in [6.07, 6.45) is 2.76. The minimum atomic E-state index is -0.427. The molecule has 0 spiro atoms. The van der Waals surface area contributed by atoms with Gasteiger partial charge in [-0.1, -0.05) is 30.4 Å². The number of hydrogen-bond acceptors (Lipinski definition) is 6. The van der Waals surface area contributed by atoms with Gasteiger partial charge >= 0.3 is 5.69 Å². The summed E-state index contributed by atoms with van der Waals surface area (Å²) >= 11 is 1.50. The number of hydrogen-bond donors (Lipinski definition) is 1. The molecule has 0 aliphatic rings. The van der Waals surface area contributed by atoms with Crippen molar-refractivity contribution in [2.45, 2.75) is 26.9 Å². The van der Waals surface area contributed by atoms with E-state index in [2.05, 4.69) is 17.2 Å². The lowest BCUT2D eigenvalue weighted by atomic mass is 10.2. The number of ether oxygens (including phenoxy) is 1. The molecule has 1 N–H and O–H groups in total. The standard InChI is InChI=1S/C14H17N3O3S/c1-3-7-15-14-16-8-11(21-14)9-20-13-10(2)5-4-6-12(13)17(18)19/h4-6,8H,3,7,9H2,1-2H3,(H,15,16). The van der Waals surface area contributed by atoms with Crippen LogP contribution in [0.3, 0.4) is 0 Å². The fraction of sp³-hybridized carbons (Fsp3) is 0.357. The Labute approximate surface area is 126 Å². The highest BCUT2D eigenvalue weighted by Gasteiger charge is 2.17. The van der Waals surface area contributed by atoms with Crippen LogP contribution in [0.4, 0.5) is 10.8 Å². The van der Waals surface area contributed by atoms with Crippen LogP contribution in [0.5, 0.6) is 5.75 Å². The molecule has 0 aliphatic heterocycles. The zero-order valence-electron chi connectivity index (χ0n) is 12.0. The molecule has 112 valence electrons. The number of aromatic nitrogens is 1. The average molecular weight is 307 g/mol. The Morgan fingerprint density at radius 2 is 2.29 bits per heavy atom. The first-order chi connectivity index (χ1) is 10.1. The Kier molecular flexibility index (Phi) is 5.10. The van der Waals surface area contributed by atoms with Crippen molar-refractivity contribution in [3.63, 3.8) is 0 Å². The van der Waals surface area contributed by atoms with Gasteiger partial charge in [0.05, 0.1) is 9.80 Å². The van der Waals surface area contributed by atoms with E-state index in [9.17, 15) is 10.1 Å². The van der Waals surface area contributed by atoms with Crippen LogP contribution in [0.25, 0.3) is 0 Å². The maximum Gasteiger partial charge on any atom is 0.311 e. The zero-order chi connectivity index (χ0) is 15.2. The predicted molar refractivity (Wildman–Crippen MR) is 83.1 cm³/mol. The highest BCUT2D eigenvalue weighted by atomic mass is 32.1. The Balaban J connectivity index is 2.06. The van der Waals surface area contributed by atoms with Crippen molar-refractivity contribution in [3.05, 3.63) is 45.0 Å². The monoisotopic (exact) mass is 307 g/mol. The summed E-state index contributed by atoms with van der Waals surface area (Å²) in [7, 11) is 0. The second kappa shape index (κ2) is 7.03. The molecule has 0 unspecified atom stereocenters. The molecule has 1 heterocycles. The van der Waals surface area contributed by atoms with E-state index >= 15 is 0 Å². The Morgan fingerprint density at radius 3 is 3.00 bits per heavy atom. The van der Waals surface area contributed by atoms with Gasteiger partial charge in [-0.05, 0) is 18.9 Å². The van der Waals surface area contributed by atoms with Crippen molar-refractivity contribution >= 4 is 22.2 Å². The maximum absolute atomic E-state index is 11.0. The third kappa shape index (κ3) is 3.91. The molecule has 0 atom stereocenters. The van der Waals surface area contributed by atoms with Gasteiger partial charge in [-0.25, -0.2) is 4.98 Å². The number of rotatable bonds is 7. The molecule has 0 amide bonds. The maximum atomic E-state index is 11.0.